The van der Waals surface area contributed by atoms with Gasteiger partial charge in [-0.2, -0.15) is 0 Å². The van der Waals surface area contributed by atoms with Crippen LogP contribution in [-0.2, 0) is 14.6 Å². The molecule has 0 rings (SSSR count). The number of hydrogen-bond donors (Lipinski definition) is 1. The van der Waals surface area contributed by atoms with E-state index in [2.05, 4.69) is 0 Å². The van der Waals surface area contributed by atoms with E-state index in [1.165, 1.54) is 6.29 Å². The predicted octanol–water partition coefficient (Wildman–Crippen LogP) is -4.04. The SMILES string of the molecule is O=[C-]CS(=O)(=O)CCO.[CH3-].[Na+]. The topological polar surface area (TPSA) is 71.4 Å². The van der Waals surface area contributed by atoms with Gasteiger partial charge in [-0.3, -0.25) is 0 Å². The van der Waals surface area contributed by atoms with Crippen molar-refractivity contribution in [3.8, 4) is 0 Å². The zero-order valence-electron chi connectivity index (χ0n) is 6.70. The van der Waals surface area contributed by atoms with Gasteiger partial charge in [0.2, 0.25) is 0 Å². The predicted molar refractivity (Wildman–Crippen MR) is 37.8 cm³/mol. The molecule has 6 heteroatoms. The average molecular weight is 189 g/mol. The third-order valence-corrected chi connectivity index (χ3v) is 2.04. The molecular weight excluding hydrogens is 179 g/mol. The molecule has 0 amide bonds. The Morgan fingerprint density at radius 3 is 2.09 bits per heavy atom. The zero-order valence-corrected chi connectivity index (χ0v) is 9.52. The van der Waals surface area contributed by atoms with Crippen molar-refractivity contribution in [1.82, 2.24) is 0 Å². The van der Waals surface area contributed by atoms with Gasteiger partial charge in [0.1, 0.15) is 9.84 Å². The number of rotatable bonds is 4. The van der Waals surface area contributed by atoms with Crippen LogP contribution in [0, 0.1) is 7.43 Å². The number of carbonyl (C=O) groups excluding carboxylic acids is 1. The van der Waals surface area contributed by atoms with E-state index in [-0.39, 0.29) is 42.7 Å². The van der Waals surface area contributed by atoms with E-state index in [1.807, 2.05) is 0 Å². The first-order chi connectivity index (χ1) is 4.12. The molecule has 0 aromatic rings. The molecule has 0 aromatic carbocycles. The molecule has 0 spiro atoms. The third-order valence-electron chi connectivity index (χ3n) is 0.681. The van der Waals surface area contributed by atoms with E-state index in [0.29, 0.717) is 0 Å². The summed E-state index contributed by atoms with van der Waals surface area (Å²) in [7, 11) is -3.36. The Kier molecular flexibility index (Phi) is 13.9. The molecular formula is C5H10NaO4S-. The maximum atomic E-state index is 10.4. The molecule has 0 bridgehead atoms. The Labute approximate surface area is 89.2 Å². The van der Waals surface area contributed by atoms with Crippen molar-refractivity contribution < 1.29 is 47.9 Å². The molecule has 4 nitrogen and oxygen atoms in total. The van der Waals surface area contributed by atoms with Crippen molar-refractivity contribution in [3.63, 3.8) is 0 Å². The molecule has 62 valence electrons. The Hall–Kier alpha value is 0.580. The average Bonchev–Trinajstić information content (AvgIpc) is 1.64. The van der Waals surface area contributed by atoms with Crippen LogP contribution in [-0.4, -0.2) is 37.9 Å². The number of hydrogen-bond acceptors (Lipinski definition) is 4. The molecule has 0 heterocycles. The largest absolute Gasteiger partial charge is 1.00 e. The number of aliphatic hydroxyl groups excluding tert-OH is 1. The first kappa shape index (κ1) is 17.6. The molecule has 0 unspecified atom stereocenters. The van der Waals surface area contributed by atoms with Crippen LogP contribution in [0.25, 0.3) is 0 Å². The van der Waals surface area contributed by atoms with Gasteiger partial charge in [0, 0.05) is 0 Å². The van der Waals surface area contributed by atoms with Crippen LogP contribution in [0.15, 0.2) is 0 Å². The van der Waals surface area contributed by atoms with Crippen LogP contribution in [0.5, 0.6) is 0 Å². The Morgan fingerprint density at radius 1 is 1.36 bits per heavy atom. The third kappa shape index (κ3) is 10.6. The minimum Gasteiger partial charge on any atom is -0.541 e. The normalized spacial score (nSPS) is 9.18. The molecule has 11 heavy (non-hydrogen) atoms. The van der Waals surface area contributed by atoms with Gasteiger partial charge >= 0.3 is 29.6 Å². The van der Waals surface area contributed by atoms with Crippen LogP contribution in [0.1, 0.15) is 0 Å². The van der Waals surface area contributed by atoms with Crippen LogP contribution < -0.4 is 29.6 Å². The van der Waals surface area contributed by atoms with E-state index in [0.717, 1.165) is 0 Å². The summed E-state index contributed by atoms with van der Waals surface area (Å²) in [6, 6.07) is 0. The molecule has 0 fully saturated rings. The number of sulfone groups is 1. The molecule has 0 aliphatic rings. The van der Waals surface area contributed by atoms with Crippen molar-refractivity contribution in [2.24, 2.45) is 0 Å². The molecule has 0 radical (unpaired) electrons. The van der Waals surface area contributed by atoms with E-state index >= 15 is 0 Å². The smallest absolute Gasteiger partial charge is 0.541 e. The van der Waals surface area contributed by atoms with Crippen molar-refractivity contribution >= 4 is 16.1 Å². The summed E-state index contributed by atoms with van der Waals surface area (Å²) in [6.45, 7) is -0.440. The minimum absolute atomic E-state index is 0. The summed E-state index contributed by atoms with van der Waals surface area (Å²) in [4.78, 5) is 9.51. The molecule has 1 N–H and O–H groups in total. The molecule has 0 aromatic heterocycles. The van der Waals surface area contributed by atoms with Gasteiger partial charge in [-0.15, -0.1) is 0 Å². The van der Waals surface area contributed by atoms with Gasteiger partial charge in [-0.05, 0) is 5.75 Å². The Morgan fingerprint density at radius 2 is 1.82 bits per heavy atom. The Balaban J connectivity index is -0.000000320. The zero-order chi connectivity index (χ0) is 7.33. The minimum atomic E-state index is -3.36. The molecule has 0 aliphatic heterocycles. The summed E-state index contributed by atoms with van der Waals surface area (Å²) >= 11 is 0. The first-order valence-electron chi connectivity index (χ1n) is 2.28. The maximum Gasteiger partial charge on any atom is 1.00 e. The van der Waals surface area contributed by atoms with Crippen LogP contribution in [0.2, 0.25) is 0 Å². The van der Waals surface area contributed by atoms with Crippen molar-refractivity contribution in [3.05, 3.63) is 7.43 Å². The number of aliphatic hydroxyl groups is 1. The van der Waals surface area contributed by atoms with Gasteiger partial charge in [0.05, 0.1) is 12.4 Å². The van der Waals surface area contributed by atoms with Gasteiger partial charge in [-0.1, -0.05) is 0 Å². The van der Waals surface area contributed by atoms with E-state index < -0.39 is 22.2 Å². The standard InChI is InChI=1S/C4H7O4S.CH3.Na/c5-1-3-9(7,8)4-2-6;;/h5H,1,3-4H2;1H3;/q2*-1;+1. The van der Waals surface area contributed by atoms with Gasteiger partial charge in [0.25, 0.3) is 0 Å². The van der Waals surface area contributed by atoms with Gasteiger partial charge in [-0.25, -0.2) is 14.7 Å². The fraction of sp³-hybridized carbons (Fsp3) is 0.600. The summed E-state index contributed by atoms with van der Waals surface area (Å²) in [6.07, 6.45) is 1.24. The van der Waals surface area contributed by atoms with Crippen molar-refractivity contribution in [2.75, 3.05) is 18.1 Å². The van der Waals surface area contributed by atoms with Gasteiger partial charge in [0.15, 0.2) is 0 Å². The molecule has 0 saturated heterocycles. The molecule has 0 saturated carbocycles. The summed E-state index contributed by atoms with van der Waals surface area (Å²) in [5.41, 5.74) is 0. The second-order valence-corrected chi connectivity index (χ2v) is 3.64. The monoisotopic (exact) mass is 189 g/mol. The Bertz CT molecular complexity index is 175. The molecule has 0 aliphatic carbocycles. The van der Waals surface area contributed by atoms with Crippen LogP contribution in [0.3, 0.4) is 0 Å². The summed E-state index contributed by atoms with van der Waals surface area (Å²) < 4.78 is 20.8. The summed E-state index contributed by atoms with van der Waals surface area (Å²) in [5, 5.41) is 8.12. The quantitative estimate of drug-likeness (QED) is 0.361. The van der Waals surface area contributed by atoms with E-state index in [4.69, 9.17) is 5.11 Å². The van der Waals surface area contributed by atoms with Crippen LogP contribution in [0.4, 0.5) is 0 Å². The van der Waals surface area contributed by atoms with E-state index in [9.17, 15) is 13.2 Å². The summed E-state index contributed by atoms with van der Waals surface area (Å²) in [5.74, 6) is -0.976. The van der Waals surface area contributed by atoms with Crippen molar-refractivity contribution in [1.29, 1.82) is 0 Å². The maximum absolute atomic E-state index is 10.4. The first-order valence-corrected chi connectivity index (χ1v) is 4.11. The second-order valence-electron chi connectivity index (χ2n) is 1.46. The second kappa shape index (κ2) is 8.67. The van der Waals surface area contributed by atoms with Crippen LogP contribution >= 0.6 is 0 Å². The van der Waals surface area contributed by atoms with Gasteiger partial charge < -0.3 is 17.3 Å². The fourth-order valence-electron chi connectivity index (χ4n) is 0.301. The van der Waals surface area contributed by atoms with E-state index in [1.54, 1.807) is 0 Å². The van der Waals surface area contributed by atoms with Crippen molar-refractivity contribution in [2.45, 2.75) is 0 Å². The molecule has 0 atom stereocenters. The fourth-order valence-corrected chi connectivity index (χ4v) is 0.903.